The van der Waals surface area contributed by atoms with Gasteiger partial charge in [0, 0.05) is 44.5 Å². The SMILES string of the molecule is Cc1ccnc(Nc2cc(N3CCN(C(=O)c4cc(=O)c5ccccc5o4)CC3)nc(C)n2)c1. The van der Waals surface area contributed by atoms with Crippen LogP contribution in [0.3, 0.4) is 0 Å². The van der Waals surface area contributed by atoms with Crippen molar-refractivity contribution in [2.75, 3.05) is 36.4 Å². The molecule has 4 heterocycles. The molecule has 1 saturated heterocycles. The molecule has 1 aliphatic heterocycles. The number of rotatable bonds is 4. The molecule has 172 valence electrons. The molecule has 1 aliphatic rings. The number of aryl methyl sites for hydroxylation is 2. The first-order valence-electron chi connectivity index (χ1n) is 11.1. The van der Waals surface area contributed by atoms with Crippen molar-refractivity contribution in [3.63, 3.8) is 0 Å². The topological polar surface area (TPSA) is 104 Å². The number of hydrogen-bond donors (Lipinski definition) is 1. The summed E-state index contributed by atoms with van der Waals surface area (Å²) in [6, 6.07) is 14.0. The predicted molar refractivity (Wildman–Crippen MR) is 130 cm³/mol. The van der Waals surface area contributed by atoms with Crippen LogP contribution in [0.2, 0.25) is 0 Å². The molecular weight excluding hydrogens is 432 g/mol. The number of pyridine rings is 1. The summed E-state index contributed by atoms with van der Waals surface area (Å²) in [4.78, 5) is 42.6. The van der Waals surface area contributed by atoms with Gasteiger partial charge in [0.1, 0.15) is 28.9 Å². The second-order valence-corrected chi connectivity index (χ2v) is 8.25. The van der Waals surface area contributed by atoms with Gasteiger partial charge in [0.05, 0.1) is 5.39 Å². The van der Waals surface area contributed by atoms with Gasteiger partial charge in [-0.15, -0.1) is 0 Å². The zero-order valence-corrected chi connectivity index (χ0v) is 19.0. The number of benzene rings is 1. The molecule has 0 unspecified atom stereocenters. The molecule has 9 heteroatoms. The Kier molecular flexibility index (Phi) is 5.67. The van der Waals surface area contributed by atoms with Gasteiger partial charge in [0.15, 0.2) is 11.2 Å². The van der Waals surface area contributed by atoms with Crippen LogP contribution in [0.5, 0.6) is 0 Å². The molecule has 3 aromatic heterocycles. The Morgan fingerprint density at radius 2 is 1.76 bits per heavy atom. The second kappa shape index (κ2) is 8.93. The fraction of sp³-hybridized carbons (Fsp3) is 0.240. The van der Waals surface area contributed by atoms with Crippen molar-refractivity contribution in [3.05, 3.63) is 82.1 Å². The molecular formula is C25H24N6O3. The van der Waals surface area contributed by atoms with Crippen molar-refractivity contribution < 1.29 is 9.21 Å². The largest absolute Gasteiger partial charge is 0.451 e. The van der Waals surface area contributed by atoms with Gasteiger partial charge in [0.25, 0.3) is 5.91 Å². The molecule has 1 amide bonds. The minimum absolute atomic E-state index is 0.0622. The molecule has 0 aliphatic carbocycles. The van der Waals surface area contributed by atoms with E-state index in [0.29, 0.717) is 48.8 Å². The molecule has 0 spiro atoms. The Morgan fingerprint density at radius 3 is 2.56 bits per heavy atom. The second-order valence-electron chi connectivity index (χ2n) is 8.25. The lowest BCUT2D eigenvalue weighted by atomic mass is 10.2. The van der Waals surface area contributed by atoms with Crippen LogP contribution < -0.4 is 15.6 Å². The summed E-state index contributed by atoms with van der Waals surface area (Å²) in [6.07, 6.45) is 1.75. The zero-order chi connectivity index (χ0) is 23.7. The van der Waals surface area contributed by atoms with Crippen molar-refractivity contribution in [1.82, 2.24) is 19.9 Å². The van der Waals surface area contributed by atoms with Crippen LogP contribution in [0.4, 0.5) is 17.5 Å². The molecule has 5 rings (SSSR count). The summed E-state index contributed by atoms with van der Waals surface area (Å²) in [5.41, 5.74) is 1.30. The minimum Gasteiger partial charge on any atom is -0.451 e. The van der Waals surface area contributed by atoms with Gasteiger partial charge >= 0.3 is 0 Å². The third kappa shape index (κ3) is 4.45. The van der Waals surface area contributed by atoms with E-state index < -0.39 is 0 Å². The zero-order valence-electron chi connectivity index (χ0n) is 19.0. The number of hydrogen-bond acceptors (Lipinski definition) is 8. The number of para-hydroxylation sites is 1. The summed E-state index contributed by atoms with van der Waals surface area (Å²) >= 11 is 0. The van der Waals surface area contributed by atoms with E-state index in [9.17, 15) is 9.59 Å². The summed E-state index contributed by atoms with van der Waals surface area (Å²) in [7, 11) is 0. The van der Waals surface area contributed by atoms with Crippen LogP contribution in [0.1, 0.15) is 21.9 Å². The monoisotopic (exact) mass is 456 g/mol. The maximum absolute atomic E-state index is 13.0. The number of nitrogens with zero attached hydrogens (tertiary/aromatic N) is 5. The molecule has 0 bridgehead atoms. The first-order chi connectivity index (χ1) is 16.5. The highest BCUT2D eigenvalue weighted by molar-refractivity contribution is 5.93. The molecule has 4 aromatic rings. The maximum Gasteiger partial charge on any atom is 0.289 e. The number of aromatic nitrogens is 3. The van der Waals surface area contributed by atoms with Crippen molar-refractivity contribution >= 4 is 34.3 Å². The van der Waals surface area contributed by atoms with Gasteiger partial charge in [-0.3, -0.25) is 9.59 Å². The van der Waals surface area contributed by atoms with E-state index in [1.165, 1.54) is 6.07 Å². The Balaban J connectivity index is 1.29. The van der Waals surface area contributed by atoms with Gasteiger partial charge in [-0.05, 0) is 43.7 Å². The fourth-order valence-electron chi connectivity index (χ4n) is 4.02. The van der Waals surface area contributed by atoms with E-state index in [-0.39, 0.29) is 17.1 Å². The van der Waals surface area contributed by atoms with Gasteiger partial charge < -0.3 is 19.5 Å². The number of carbonyl (C=O) groups is 1. The Morgan fingerprint density at radius 1 is 0.971 bits per heavy atom. The smallest absolute Gasteiger partial charge is 0.289 e. The first kappa shape index (κ1) is 21.6. The molecule has 9 nitrogen and oxygen atoms in total. The van der Waals surface area contributed by atoms with Gasteiger partial charge in [-0.25, -0.2) is 15.0 Å². The van der Waals surface area contributed by atoms with E-state index in [1.54, 1.807) is 35.4 Å². The van der Waals surface area contributed by atoms with Crippen molar-refractivity contribution in [2.45, 2.75) is 13.8 Å². The highest BCUT2D eigenvalue weighted by Gasteiger charge is 2.25. The Bertz CT molecular complexity index is 1430. The normalized spacial score (nSPS) is 13.8. The Labute approximate surface area is 196 Å². The fourth-order valence-corrected chi connectivity index (χ4v) is 4.02. The average Bonchev–Trinajstić information content (AvgIpc) is 2.83. The van der Waals surface area contributed by atoms with Crippen molar-refractivity contribution in [2.24, 2.45) is 0 Å². The molecule has 1 N–H and O–H groups in total. The lowest BCUT2D eigenvalue weighted by molar-refractivity contribution is 0.0715. The number of piperazine rings is 1. The first-order valence-corrected chi connectivity index (χ1v) is 11.1. The number of fused-ring (bicyclic) bond motifs is 1. The van der Waals surface area contributed by atoms with Gasteiger partial charge in [-0.1, -0.05) is 12.1 Å². The lowest BCUT2D eigenvalue weighted by Gasteiger charge is -2.35. The van der Waals surface area contributed by atoms with Gasteiger partial charge in [-0.2, -0.15) is 0 Å². The summed E-state index contributed by atoms with van der Waals surface area (Å²) in [5.74, 6) is 2.59. The maximum atomic E-state index is 13.0. The van der Waals surface area contributed by atoms with E-state index in [0.717, 1.165) is 17.2 Å². The van der Waals surface area contributed by atoms with E-state index in [1.807, 2.05) is 32.0 Å². The third-order valence-electron chi connectivity index (χ3n) is 5.73. The van der Waals surface area contributed by atoms with Crippen LogP contribution in [0.25, 0.3) is 11.0 Å². The average molecular weight is 457 g/mol. The summed E-state index contributed by atoms with van der Waals surface area (Å²) in [6.45, 7) is 6.03. The van der Waals surface area contributed by atoms with Crippen LogP contribution in [-0.4, -0.2) is 51.9 Å². The van der Waals surface area contributed by atoms with Gasteiger partial charge in [0.2, 0.25) is 0 Å². The molecule has 0 atom stereocenters. The standard InChI is InChI=1S/C25H24N6O3/c1-16-7-8-26-22(13-16)29-23-15-24(28-17(2)27-23)30-9-11-31(12-10-30)25(33)21-14-19(32)18-5-3-4-6-20(18)34-21/h3-8,13-15H,9-12H2,1-2H3,(H,26,27,28,29). The van der Waals surface area contributed by atoms with E-state index in [4.69, 9.17) is 4.42 Å². The summed E-state index contributed by atoms with van der Waals surface area (Å²) in [5, 5.41) is 3.70. The third-order valence-corrected chi connectivity index (χ3v) is 5.73. The highest BCUT2D eigenvalue weighted by atomic mass is 16.3. The molecule has 34 heavy (non-hydrogen) atoms. The van der Waals surface area contributed by atoms with E-state index >= 15 is 0 Å². The van der Waals surface area contributed by atoms with Crippen molar-refractivity contribution in [3.8, 4) is 0 Å². The quantitative estimate of drug-likeness (QED) is 0.499. The molecule has 1 aromatic carbocycles. The van der Waals surface area contributed by atoms with Crippen LogP contribution in [0.15, 0.2) is 63.9 Å². The van der Waals surface area contributed by atoms with Crippen LogP contribution in [-0.2, 0) is 0 Å². The summed E-state index contributed by atoms with van der Waals surface area (Å²) < 4.78 is 5.73. The molecule has 1 fully saturated rings. The van der Waals surface area contributed by atoms with Crippen LogP contribution >= 0.6 is 0 Å². The molecule has 0 radical (unpaired) electrons. The molecule has 0 saturated carbocycles. The minimum atomic E-state index is -0.283. The lowest BCUT2D eigenvalue weighted by Crippen LogP contribution is -2.49. The number of amides is 1. The van der Waals surface area contributed by atoms with Crippen LogP contribution in [0, 0.1) is 13.8 Å². The number of nitrogens with one attached hydrogen (secondary N) is 1. The number of carbonyl (C=O) groups excluding carboxylic acids is 1. The Hall–Kier alpha value is -4.27. The predicted octanol–water partition coefficient (Wildman–Crippen LogP) is 3.30. The highest BCUT2D eigenvalue weighted by Crippen LogP contribution is 2.21. The number of anilines is 3. The van der Waals surface area contributed by atoms with E-state index in [2.05, 4.69) is 25.2 Å². The van der Waals surface area contributed by atoms with Crippen molar-refractivity contribution in [1.29, 1.82) is 0 Å².